The van der Waals surface area contributed by atoms with E-state index in [9.17, 15) is 5.11 Å². The number of halogens is 1. The Morgan fingerprint density at radius 3 is 2.33 bits per heavy atom. The Morgan fingerprint density at radius 1 is 1.22 bits per heavy atom. The van der Waals surface area contributed by atoms with Crippen LogP contribution < -0.4 is 5.32 Å². The molecule has 0 radical (unpaired) electrons. The number of anilines is 1. The summed E-state index contributed by atoms with van der Waals surface area (Å²) in [4.78, 5) is 8.36. The van der Waals surface area contributed by atoms with E-state index in [1.807, 2.05) is 0 Å². The van der Waals surface area contributed by atoms with Crippen LogP contribution in [0.4, 0.5) is 5.95 Å². The lowest BCUT2D eigenvalue weighted by Gasteiger charge is -2.40. The third-order valence-electron chi connectivity index (χ3n) is 3.73. The monoisotopic (exact) mass is 361 g/mol. The molecule has 0 atom stereocenters. The molecule has 100 valence electrons. The molecule has 1 aromatic heterocycles. The molecule has 2 N–H and O–H groups in total. The van der Waals surface area contributed by atoms with Crippen molar-refractivity contribution in [3.63, 3.8) is 0 Å². The van der Waals surface area contributed by atoms with Gasteiger partial charge in [-0.25, -0.2) is 9.97 Å². The average molecular weight is 361 g/mol. The zero-order valence-electron chi connectivity index (χ0n) is 10.9. The first-order valence-corrected chi connectivity index (χ1v) is 7.40. The van der Waals surface area contributed by atoms with Crippen molar-refractivity contribution in [2.75, 3.05) is 11.9 Å². The molecule has 0 saturated heterocycles. The summed E-state index contributed by atoms with van der Waals surface area (Å²) in [5.74, 6) is 0.591. The molecule has 18 heavy (non-hydrogen) atoms. The molecule has 0 aliphatic heterocycles. The van der Waals surface area contributed by atoms with Crippen LogP contribution in [0, 0.1) is 8.99 Å². The second-order valence-electron chi connectivity index (χ2n) is 5.97. The lowest BCUT2D eigenvalue weighted by Crippen LogP contribution is -2.42. The second-order valence-corrected chi connectivity index (χ2v) is 7.21. The van der Waals surface area contributed by atoms with Crippen molar-refractivity contribution < 1.29 is 5.11 Å². The summed E-state index contributed by atoms with van der Waals surface area (Å²) in [6.07, 6.45) is 7.36. The number of aliphatic hydroxyl groups is 1. The van der Waals surface area contributed by atoms with Gasteiger partial charge >= 0.3 is 0 Å². The van der Waals surface area contributed by atoms with Gasteiger partial charge in [0.1, 0.15) is 0 Å². The van der Waals surface area contributed by atoms with Gasteiger partial charge in [-0.15, -0.1) is 0 Å². The van der Waals surface area contributed by atoms with Gasteiger partial charge in [0, 0.05) is 22.5 Å². The quantitative estimate of drug-likeness (QED) is 0.813. The third kappa shape index (κ3) is 3.78. The largest absolute Gasteiger partial charge is 0.388 e. The molecule has 1 heterocycles. The topological polar surface area (TPSA) is 58.0 Å². The highest BCUT2D eigenvalue weighted by molar-refractivity contribution is 14.1. The van der Waals surface area contributed by atoms with Gasteiger partial charge in [-0.1, -0.05) is 13.8 Å². The Labute approximate surface area is 122 Å². The maximum Gasteiger partial charge on any atom is 0.222 e. The van der Waals surface area contributed by atoms with Crippen molar-refractivity contribution >= 4 is 28.5 Å². The van der Waals surface area contributed by atoms with Gasteiger partial charge in [0.2, 0.25) is 5.95 Å². The Kier molecular flexibility index (Phi) is 4.11. The standard InChI is InChI=1S/C13H20IN3O/c1-12(2)3-5-13(18,6-4-12)9-17-11-15-7-10(14)8-16-11/h7-8,18H,3-6,9H2,1-2H3,(H,15,16,17). The molecule has 0 spiro atoms. The van der Waals surface area contributed by atoms with Crippen molar-refractivity contribution in [3.8, 4) is 0 Å². The van der Waals surface area contributed by atoms with E-state index in [1.54, 1.807) is 12.4 Å². The van der Waals surface area contributed by atoms with Crippen LogP contribution in [0.1, 0.15) is 39.5 Å². The zero-order chi connectivity index (χ0) is 13.2. The second kappa shape index (κ2) is 5.28. The molecular weight excluding hydrogens is 341 g/mol. The van der Waals surface area contributed by atoms with E-state index in [4.69, 9.17) is 0 Å². The summed E-state index contributed by atoms with van der Waals surface area (Å²) in [5.41, 5.74) is -0.243. The van der Waals surface area contributed by atoms with Crippen LogP contribution in [0.15, 0.2) is 12.4 Å². The smallest absolute Gasteiger partial charge is 0.222 e. The summed E-state index contributed by atoms with van der Waals surface area (Å²) in [7, 11) is 0. The van der Waals surface area contributed by atoms with Crippen LogP contribution in [0.2, 0.25) is 0 Å². The maximum absolute atomic E-state index is 10.5. The van der Waals surface area contributed by atoms with Crippen molar-refractivity contribution in [2.24, 2.45) is 5.41 Å². The summed E-state index contributed by atoms with van der Waals surface area (Å²) < 4.78 is 1.01. The molecule has 2 rings (SSSR count). The lowest BCUT2D eigenvalue weighted by atomic mass is 9.71. The predicted molar refractivity (Wildman–Crippen MR) is 80.4 cm³/mol. The summed E-state index contributed by atoms with van der Waals surface area (Å²) >= 11 is 2.17. The first-order chi connectivity index (χ1) is 8.39. The molecule has 0 amide bonds. The summed E-state index contributed by atoms with van der Waals surface area (Å²) in [6.45, 7) is 5.06. The molecule has 1 saturated carbocycles. The first-order valence-electron chi connectivity index (χ1n) is 6.32. The fourth-order valence-electron chi connectivity index (χ4n) is 2.22. The highest BCUT2D eigenvalue weighted by atomic mass is 127. The van der Waals surface area contributed by atoms with Gasteiger partial charge in [-0.05, 0) is 53.7 Å². The van der Waals surface area contributed by atoms with Crippen LogP contribution in [0.3, 0.4) is 0 Å². The SMILES string of the molecule is CC1(C)CCC(O)(CNc2ncc(I)cn2)CC1. The van der Waals surface area contributed by atoms with Crippen molar-refractivity contribution in [3.05, 3.63) is 16.0 Å². The summed E-state index contributed by atoms with van der Waals surface area (Å²) in [5, 5.41) is 13.6. The van der Waals surface area contributed by atoms with E-state index in [1.165, 1.54) is 0 Å². The molecule has 1 aliphatic rings. The number of nitrogens with one attached hydrogen (secondary N) is 1. The fraction of sp³-hybridized carbons (Fsp3) is 0.692. The van der Waals surface area contributed by atoms with Crippen LogP contribution in [-0.2, 0) is 0 Å². The van der Waals surface area contributed by atoms with Gasteiger partial charge < -0.3 is 10.4 Å². The minimum absolute atomic E-state index is 0.367. The van der Waals surface area contributed by atoms with E-state index in [0.717, 1.165) is 29.3 Å². The van der Waals surface area contributed by atoms with Gasteiger partial charge in [-0.2, -0.15) is 0 Å². The maximum atomic E-state index is 10.5. The molecule has 4 nitrogen and oxygen atoms in total. The van der Waals surface area contributed by atoms with Gasteiger partial charge in [-0.3, -0.25) is 0 Å². The normalized spacial score (nSPS) is 21.6. The average Bonchev–Trinajstić information content (AvgIpc) is 2.33. The Hall–Kier alpha value is -0.430. The Morgan fingerprint density at radius 2 is 1.78 bits per heavy atom. The van der Waals surface area contributed by atoms with E-state index in [0.29, 0.717) is 17.9 Å². The molecule has 5 heteroatoms. The molecule has 0 unspecified atom stereocenters. The predicted octanol–water partition coefficient (Wildman–Crippen LogP) is 2.82. The van der Waals surface area contributed by atoms with E-state index >= 15 is 0 Å². The fourth-order valence-corrected chi connectivity index (χ4v) is 2.49. The van der Waals surface area contributed by atoms with Crippen LogP contribution in [0.5, 0.6) is 0 Å². The van der Waals surface area contributed by atoms with Gasteiger partial charge in [0.15, 0.2) is 0 Å². The molecule has 1 aliphatic carbocycles. The highest BCUT2D eigenvalue weighted by Crippen LogP contribution is 2.40. The molecule has 0 bridgehead atoms. The molecule has 1 aromatic rings. The van der Waals surface area contributed by atoms with E-state index in [2.05, 4.69) is 51.7 Å². The Bertz CT molecular complexity index is 395. The lowest BCUT2D eigenvalue weighted by molar-refractivity contribution is -0.0146. The highest BCUT2D eigenvalue weighted by Gasteiger charge is 2.36. The van der Waals surface area contributed by atoms with E-state index < -0.39 is 5.60 Å². The van der Waals surface area contributed by atoms with Gasteiger partial charge in [0.25, 0.3) is 0 Å². The minimum atomic E-state index is -0.609. The summed E-state index contributed by atoms with van der Waals surface area (Å²) in [6, 6.07) is 0. The first kappa shape index (κ1) is 14.0. The van der Waals surface area contributed by atoms with Crippen molar-refractivity contribution in [1.29, 1.82) is 0 Å². The third-order valence-corrected chi connectivity index (χ3v) is 4.29. The van der Waals surface area contributed by atoms with E-state index in [-0.39, 0.29) is 0 Å². The minimum Gasteiger partial charge on any atom is -0.388 e. The number of hydrogen-bond acceptors (Lipinski definition) is 4. The number of hydrogen-bond donors (Lipinski definition) is 2. The van der Waals surface area contributed by atoms with Gasteiger partial charge in [0.05, 0.1) is 5.60 Å². The van der Waals surface area contributed by atoms with Crippen LogP contribution in [0.25, 0.3) is 0 Å². The molecule has 1 fully saturated rings. The molecule has 0 aromatic carbocycles. The molecular formula is C13H20IN3O. The number of aromatic nitrogens is 2. The number of nitrogens with zero attached hydrogens (tertiary/aromatic N) is 2. The van der Waals surface area contributed by atoms with Crippen molar-refractivity contribution in [1.82, 2.24) is 9.97 Å². The number of rotatable bonds is 3. The Balaban J connectivity index is 1.88. The van der Waals surface area contributed by atoms with Crippen LogP contribution in [-0.4, -0.2) is 27.2 Å². The van der Waals surface area contributed by atoms with Crippen LogP contribution >= 0.6 is 22.6 Å². The van der Waals surface area contributed by atoms with Crippen molar-refractivity contribution in [2.45, 2.75) is 45.1 Å². The zero-order valence-corrected chi connectivity index (χ0v) is 13.1.